The van der Waals surface area contributed by atoms with Crippen molar-refractivity contribution in [3.63, 3.8) is 0 Å². The maximum absolute atomic E-state index is 10.6. The Morgan fingerprint density at radius 1 is 1.36 bits per heavy atom. The van der Waals surface area contributed by atoms with Gasteiger partial charge in [-0.05, 0) is 25.2 Å². The Morgan fingerprint density at radius 2 is 2.00 bits per heavy atom. The van der Waals surface area contributed by atoms with E-state index >= 15 is 0 Å². The number of β-amino-alcohol motifs (C(OH)–C–C–N with tert-alkyl or cyclic N) is 1. The molecule has 0 amide bonds. The molecular formula is C12H23NO. The van der Waals surface area contributed by atoms with E-state index in [1.54, 1.807) is 0 Å². The standard InChI is InChI=1S/C12H23NO/c1-3-10(4-2)12(14)7-8-13(9-12)11-5-6-11/h10-11,14H,3-9H2,1-2H3. The minimum absolute atomic E-state index is 0.369. The lowest BCUT2D eigenvalue weighted by Gasteiger charge is -2.31. The van der Waals surface area contributed by atoms with Crippen molar-refractivity contribution < 1.29 is 5.11 Å². The molecule has 0 radical (unpaired) electrons. The summed E-state index contributed by atoms with van der Waals surface area (Å²) in [7, 11) is 0. The first-order valence-corrected chi connectivity index (χ1v) is 6.16. The molecule has 0 aromatic heterocycles. The summed E-state index contributed by atoms with van der Waals surface area (Å²) in [6, 6.07) is 0.818. The summed E-state index contributed by atoms with van der Waals surface area (Å²) in [6.45, 7) is 6.46. The van der Waals surface area contributed by atoms with Crippen LogP contribution in [0.5, 0.6) is 0 Å². The third-order valence-electron chi connectivity index (χ3n) is 4.12. The van der Waals surface area contributed by atoms with Gasteiger partial charge in [0.15, 0.2) is 0 Å². The van der Waals surface area contributed by atoms with Gasteiger partial charge in [0, 0.05) is 19.1 Å². The molecule has 14 heavy (non-hydrogen) atoms. The lowest BCUT2D eigenvalue weighted by molar-refractivity contribution is -0.0129. The van der Waals surface area contributed by atoms with Gasteiger partial charge in [0.25, 0.3) is 0 Å². The average Bonchev–Trinajstić information content (AvgIpc) is 2.93. The predicted octanol–water partition coefficient (Wildman–Crippen LogP) is 2.02. The second-order valence-electron chi connectivity index (χ2n) is 5.07. The second-order valence-corrected chi connectivity index (χ2v) is 5.07. The Hall–Kier alpha value is -0.0800. The number of hydrogen-bond donors (Lipinski definition) is 1. The van der Waals surface area contributed by atoms with E-state index in [9.17, 15) is 5.11 Å². The van der Waals surface area contributed by atoms with Gasteiger partial charge in [-0.15, -0.1) is 0 Å². The minimum Gasteiger partial charge on any atom is -0.388 e. The smallest absolute Gasteiger partial charge is 0.0814 e. The molecule has 1 unspecified atom stereocenters. The maximum Gasteiger partial charge on any atom is 0.0814 e. The highest BCUT2D eigenvalue weighted by atomic mass is 16.3. The third-order valence-corrected chi connectivity index (χ3v) is 4.12. The van der Waals surface area contributed by atoms with Gasteiger partial charge in [-0.3, -0.25) is 4.90 Å². The van der Waals surface area contributed by atoms with E-state index < -0.39 is 0 Å². The van der Waals surface area contributed by atoms with Crippen LogP contribution in [0.25, 0.3) is 0 Å². The molecule has 2 aliphatic rings. The number of nitrogens with zero attached hydrogens (tertiary/aromatic N) is 1. The van der Waals surface area contributed by atoms with Gasteiger partial charge in [-0.1, -0.05) is 26.7 Å². The fraction of sp³-hybridized carbons (Fsp3) is 1.00. The molecule has 2 heteroatoms. The molecule has 2 fully saturated rings. The van der Waals surface area contributed by atoms with Gasteiger partial charge in [0.05, 0.1) is 5.60 Å². The molecule has 1 saturated carbocycles. The molecule has 2 rings (SSSR count). The van der Waals surface area contributed by atoms with E-state index in [0.29, 0.717) is 5.92 Å². The normalized spacial score (nSPS) is 34.3. The van der Waals surface area contributed by atoms with Crippen LogP contribution in [0.1, 0.15) is 46.0 Å². The molecule has 1 N–H and O–H groups in total. The number of likely N-dealkylation sites (tertiary alicyclic amines) is 1. The van der Waals surface area contributed by atoms with Crippen LogP contribution < -0.4 is 0 Å². The van der Waals surface area contributed by atoms with Crippen LogP contribution in [0.2, 0.25) is 0 Å². The first-order chi connectivity index (χ1) is 6.69. The van der Waals surface area contributed by atoms with Crippen LogP contribution in [0, 0.1) is 5.92 Å². The Kier molecular flexibility index (Phi) is 2.85. The molecule has 0 aromatic carbocycles. The zero-order chi connectivity index (χ0) is 10.2. The predicted molar refractivity (Wildman–Crippen MR) is 58.2 cm³/mol. The highest BCUT2D eigenvalue weighted by Crippen LogP contribution is 2.38. The molecule has 82 valence electrons. The maximum atomic E-state index is 10.6. The van der Waals surface area contributed by atoms with E-state index in [-0.39, 0.29) is 5.60 Å². The van der Waals surface area contributed by atoms with Crippen LogP contribution in [-0.4, -0.2) is 34.7 Å². The third kappa shape index (κ3) is 1.82. The van der Waals surface area contributed by atoms with Crippen molar-refractivity contribution in [2.75, 3.05) is 13.1 Å². The van der Waals surface area contributed by atoms with E-state index in [1.807, 2.05) is 0 Å². The zero-order valence-corrected chi connectivity index (χ0v) is 9.50. The van der Waals surface area contributed by atoms with Crippen molar-refractivity contribution in [1.29, 1.82) is 0 Å². The van der Waals surface area contributed by atoms with Gasteiger partial charge in [-0.25, -0.2) is 0 Å². The van der Waals surface area contributed by atoms with Crippen LogP contribution in [-0.2, 0) is 0 Å². The molecule has 0 aromatic rings. The topological polar surface area (TPSA) is 23.5 Å². The fourth-order valence-corrected chi connectivity index (χ4v) is 2.98. The summed E-state index contributed by atoms with van der Waals surface area (Å²) in [5, 5.41) is 10.6. The first kappa shape index (κ1) is 10.4. The van der Waals surface area contributed by atoms with Crippen molar-refractivity contribution in [1.82, 2.24) is 4.90 Å². The highest BCUT2D eigenvalue weighted by Gasteiger charge is 2.45. The van der Waals surface area contributed by atoms with Crippen LogP contribution in [0.15, 0.2) is 0 Å². The van der Waals surface area contributed by atoms with E-state index in [4.69, 9.17) is 0 Å². The zero-order valence-electron chi connectivity index (χ0n) is 9.50. The molecule has 1 saturated heterocycles. The van der Waals surface area contributed by atoms with Crippen LogP contribution in [0.3, 0.4) is 0 Å². The molecule has 0 bridgehead atoms. The summed E-state index contributed by atoms with van der Waals surface area (Å²) in [6.07, 6.45) is 5.95. The van der Waals surface area contributed by atoms with Gasteiger partial charge in [-0.2, -0.15) is 0 Å². The summed E-state index contributed by atoms with van der Waals surface area (Å²) < 4.78 is 0. The van der Waals surface area contributed by atoms with Crippen molar-refractivity contribution in [3.8, 4) is 0 Å². The Morgan fingerprint density at radius 3 is 2.50 bits per heavy atom. The summed E-state index contributed by atoms with van der Waals surface area (Å²) in [5.41, 5.74) is -0.369. The van der Waals surface area contributed by atoms with E-state index in [2.05, 4.69) is 18.7 Å². The summed E-state index contributed by atoms with van der Waals surface area (Å²) in [5.74, 6) is 0.506. The van der Waals surface area contributed by atoms with Crippen molar-refractivity contribution in [3.05, 3.63) is 0 Å². The monoisotopic (exact) mass is 197 g/mol. The van der Waals surface area contributed by atoms with E-state index in [0.717, 1.165) is 38.4 Å². The molecular weight excluding hydrogens is 174 g/mol. The van der Waals surface area contributed by atoms with E-state index in [1.165, 1.54) is 12.8 Å². The largest absolute Gasteiger partial charge is 0.388 e. The summed E-state index contributed by atoms with van der Waals surface area (Å²) in [4.78, 5) is 2.50. The summed E-state index contributed by atoms with van der Waals surface area (Å²) >= 11 is 0. The lowest BCUT2D eigenvalue weighted by Crippen LogP contribution is -2.40. The second kappa shape index (κ2) is 3.82. The molecule has 2 nitrogen and oxygen atoms in total. The molecule has 1 atom stereocenters. The van der Waals surface area contributed by atoms with Gasteiger partial charge in [0.2, 0.25) is 0 Å². The SMILES string of the molecule is CCC(CC)C1(O)CCN(C2CC2)C1. The molecule has 0 spiro atoms. The molecule has 1 aliphatic carbocycles. The van der Waals surface area contributed by atoms with Crippen LogP contribution >= 0.6 is 0 Å². The van der Waals surface area contributed by atoms with Gasteiger partial charge >= 0.3 is 0 Å². The number of aliphatic hydroxyl groups is 1. The first-order valence-electron chi connectivity index (χ1n) is 6.16. The quantitative estimate of drug-likeness (QED) is 0.745. The highest BCUT2D eigenvalue weighted by molar-refractivity contribution is 4.99. The number of hydrogen-bond acceptors (Lipinski definition) is 2. The fourth-order valence-electron chi connectivity index (χ4n) is 2.98. The Bertz CT molecular complexity index is 198. The van der Waals surface area contributed by atoms with Gasteiger partial charge in [0.1, 0.15) is 0 Å². The Balaban J connectivity index is 1.95. The van der Waals surface area contributed by atoms with Crippen molar-refractivity contribution >= 4 is 0 Å². The number of rotatable bonds is 4. The van der Waals surface area contributed by atoms with Crippen molar-refractivity contribution in [2.45, 2.75) is 57.6 Å². The molecule has 1 aliphatic heterocycles. The van der Waals surface area contributed by atoms with Crippen LogP contribution in [0.4, 0.5) is 0 Å². The van der Waals surface area contributed by atoms with Crippen molar-refractivity contribution in [2.24, 2.45) is 5.92 Å². The lowest BCUT2D eigenvalue weighted by atomic mass is 9.83. The Labute approximate surface area is 87.3 Å². The minimum atomic E-state index is -0.369. The molecule has 1 heterocycles. The van der Waals surface area contributed by atoms with Gasteiger partial charge < -0.3 is 5.11 Å². The average molecular weight is 197 g/mol.